The van der Waals surface area contributed by atoms with Crippen LogP contribution in [0.3, 0.4) is 0 Å². The van der Waals surface area contributed by atoms with E-state index in [0.717, 1.165) is 39.0 Å². The van der Waals surface area contributed by atoms with E-state index >= 15 is 0 Å². The summed E-state index contributed by atoms with van der Waals surface area (Å²) >= 11 is 12.0. The van der Waals surface area contributed by atoms with Crippen molar-refractivity contribution in [2.75, 3.05) is 33.2 Å². The van der Waals surface area contributed by atoms with Crippen molar-refractivity contribution in [1.82, 2.24) is 15.5 Å². The molecule has 10 heteroatoms. The fourth-order valence-electron chi connectivity index (χ4n) is 3.21. The number of ether oxygens (including phenoxy) is 1. The van der Waals surface area contributed by atoms with Gasteiger partial charge in [0.25, 0.3) is 0 Å². The standard InChI is InChI=1S/C18H26Cl2F2N4O.HI/c1-3-5-26-6-4-12(11-26)9-24-18(23-2)25-10-13-7-14(19)8-15(20)16(13)27-17(21)22;/h7-8,12,17H,3-6,9-11H2,1-2H3,(H2,23,24,25);1H. The lowest BCUT2D eigenvalue weighted by molar-refractivity contribution is -0.0504. The summed E-state index contributed by atoms with van der Waals surface area (Å²) in [5.41, 5.74) is 0.436. The third kappa shape index (κ3) is 8.04. The Morgan fingerprint density at radius 2 is 2.11 bits per heavy atom. The molecule has 0 radical (unpaired) electrons. The number of halogens is 5. The minimum absolute atomic E-state index is 0. The van der Waals surface area contributed by atoms with Gasteiger partial charge in [-0.2, -0.15) is 8.78 Å². The molecule has 0 saturated carbocycles. The molecular formula is C18H27Cl2F2IN4O. The van der Waals surface area contributed by atoms with Crippen molar-refractivity contribution in [3.8, 4) is 5.75 Å². The number of hydrogen-bond acceptors (Lipinski definition) is 3. The van der Waals surface area contributed by atoms with Crippen LogP contribution in [0.25, 0.3) is 0 Å². The molecule has 0 spiro atoms. The molecule has 2 rings (SSSR count). The van der Waals surface area contributed by atoms with Crippen LogP contribution in [0, 0.1) is 5.92 Å². The lowest BCUT2D eigenvalue weighted by atomic mass is 10.1. The first-order chi connectivity index (χ1) is 12.9. The van der Waals surface area contributed by atoms with Gasteiger partial charge in [0, 0.05) is 37.3 Å². The van der Waals surface area contributed by atoms with Crippen molar-refractivity contribution in [3.05, 3.63) is 27.7 Å². The summed E-state index contributed by atoms with van der Waals surface area (Å²) in [6.45, 7) is 3.56. The van der Waals surface area contributed by atoms with E-state index in [1.807, 2.05) is 0 Å². The van der Waals surface area contributed by atoms with Crippen LogP contribution in [0.4, 0.5) is 8.78 Å². The van der Waals surface area contributed by atoms with Gasteiger partial charge in [0.15, 0.2) is 5.96 Å². The van der Waals surface area contributed by atoms with Gasteiger partial charge in [-0.3, -0.25) is 4.99 Å². The van der Waals surface area contributed by atoms with Crippen molar-refractivity contribution < 1.29 is 13.5 Å². The van der Waals surface area contributed by atoms with Crippen molar-refractivity contribution in [2.45, 2.75) is 32.9 Å². The normalized spacial score (nSPS) is 17.5. The van der Waals surface area contributed by atoms with E-state index in [1.54, 1.807) is 13.1 Å². The molecule has 1 atom stereocenters. The number of aliphatic imine (C=N–C) groups is 1. The minimum Gasteiger partial charge on any atom is -0.433 e. The van der Waals surface area contributed by atoms with Crippen LogP contribution >= 0.6 is 47.2 Å². The number of nitrogens with one attached hydrogen (secondary N) is 2. The molecule has 0 amide bonds. The molecule has 1 aromatic rings. The molecule has 1 fully saturated rings. The summed E-state index contributed by atoms with van der Waals surface area (Å²) in [6.07, 6.45) is 2.31. The van der Waals surface area contributed by atoms with Gasteiger partial charge in [0.05, 0.1) is 5.02 Å². The second-order valence-corrected chi connectivity index (χ2v) is 7.36. The van der Waals surface area contributed by atoms with Crippen molar-refractivity contribution in [3.63, 3.8) is 0 Å². The monoisotopic (exact) mass is 550 g/mol. The Morgan fingerprint density at radius 3 is 2.75 bits per heavy atom. The van der Waals surface area contributed by atoms with Crippen LogP contribution in [0.2, 0.25) is 10.0 Å². The fourth-order valence-corrected chi connectivity index (χ4v) is 3.79. The molecule has 1 saturated heterocycles. The zero-order chi connectivity index (χ0) is 19.8. The molecule has 1 aliphatic heterocycles. The molecule has 0 aromatic heterocycles. The van der Waals surface area contributed by atoms with Crippen molar-refractivity contribution >= 4 is 53.1 Å². The Kier molecular flexibility index (Phi) is 11.7. The predicted molar refractivity (Wildman–Crippen MR) is 122 cm³/mol. The van der Waals surface area contributed by atoms with Crippen LogP contribution in [0.1, 0.15) is 25.3 Å². The Balaban J connectivity index is 0.00000392. The lowest BCUT2D eigenvalue weighted by Gasteiger charge is -2.18. The summed E-state index contributed by atoms with van der Waals surface area (Å²) < 4.78 is 29.8. The first-order valence-corrected chi connectivity index (χ1v) is 9.78. The summed E-state index contributed by atoms with van der Waals surface area (Å²) in [6, 6.07) is 2.92. The van der Waals surface area contributed by atoms with Crippen LogP contribution < -0.4 is 15.4 Å². The molecule has 0 aliphatic carbocycles. The molecule has 28 heavy (non-hydrogen) atoms. The maximum absolute atomic E-state index is 12.7. The highest BCUT2D eigenvalue weighted by Gasteiger charge is 2.22. The third-order valence-corrected chi connectivity index (χ3v) is 4.93. The van der Waals surface area contributed by atoms with Gasteiger partial charge in [0.1, 0.15) is 5.75 Å². The zero-order valence-corrected chi connectivity index (χ0v) is 19.8. The third-order valence-electron chi connectivity index (χ3n) is 4.43. The van der Waals surface area contributed by atoms with Gasteiger partial charge in [-0.15, -0.1) is 24.0 Å². The predicted octanol–water partition coefficient (Wildman–Crippen LogP) is 4.61. The van der Waals surface area contributed by atoms with Crippen molar-refractivity contribution in [1.29, 1.82) is 0 Å². The van der Waals surface area contributed by atoms with Crippen molar-refractivity contribution in [2.24, 2.45) is 10.9 Å². The van der Waals surface area contributed by atoms with E-state index < -0.39 is 6.61 Å². The Morgan fingerprint density at radius 1 is 1.36 bits per heavy atom. The average molecular weight is 551 g/mol. The number of guanidine groups is 1. The maximum atomic E-state index is 12.7. The summed E-state index contributed by atoms with van der Waals surface area (Å²) in [5.74, 6) is 1.07. The number of likely N-dealkylation sites (tertiary alicyclic amines) is 1. The number of hydrogen-bond donors (Lipinski definition) is 2. The molecular weight excluding hydrogens is 524 g/mol. The van der Waals surface area contributed by atoms with Crippen LogP contribution in [-0.4, -0.2) is 50.7 Å². The maximum Gasteiger partial charge on any atom is 0.387 e. The molecule has 2 N–H and O–H groups in total. The molecule has 160 valence electrons. The van der Waals surface area contributed by atoms with Crippen LogP contribution in [0.5, 0.6) is 5.75 Å². The number of benzene rings is 1. The lowest BCUT2D eigenvalue weighted by Crippen LogP contribution is -2.40. The van der Waals surface area contributed by atoms with Gasteiger partial charge < -0.3 is 20.3 Å². The van der Waals surface area contributed by atoms with Gasteiger partial charge in [-0.1, -0.05) is 30.1 Å². The topological polar surface area (TPSA) is 48.9 Å². The van der Waals surface area contributed by atoms with E-state index in [-0.39, 0.29) is 41.3 Å². The van der Waals surface area contributed by atoms with Gasteiger partial charge >= 0.3 is 6.61 Å². The summed E-state index contributed by atoms with van der Waals surface area (Å²) in [5, 5.41) is 6.78. The molecule has 1 heterocycles. The van der Waals surface area contributed by atoms with Gasteiger partial charge in [0.2, 0.25) is 0 Å². The highest BCUT2D eigenvalue weighted by molar-refractivity contribution is 14.0. The van der Waals surface area contributed by atoms with E-state index in [1.165, 1.54) is 6.07 Å². The smallest absolute Gasteiger partial charge is 0.387 e. The second-order valence-electron chi connectivity index (χ2n) is 6.52. The fraction of sp³-hybridized carbons (Fsp3) is 0.611. The molecule has 5 nitrogen and oxygen atoms in total. The SMILES string of the molecule is CCCN1CCC(CNC(=NC)NCc2cc(Cl)cc(Cl)c2OC(F)F)C1.I. The molecule has 1 aromatic carbocycles. The van der Waals surface area contributed by atoms with Gasteiger partial charge in [-0.25, -0.2) is 0 Å². The summed E-state index contributed by atoms with van der Waals surface area (Å²) in [4.78, 5) is 6.64. The molecule has 1 aliphatic rings. The summed E-state index contributed by atoms with van der Waals surface area (Å²) in [7, 11) is 1.66. The van der Waals surface area contributed by atoms with Crippen LogP contribution in [0.15, 0.2) is 17.1 Å². The number of rotatable bonds is 8. The Hall–Kier alpha value is -0.580. The number of nitrogens with zero attached hydrogens (tertiary/aromatic N) is 2. The first kappa shape index (κ1) is 25.5. The molecule has 1 unspecified atom stereocenters. The van der Waals surface area contributed by atoms with Crippen LogP contribution in [-0.2, 0) is 6.54 Å². The highest BCUT2D eigenvalue weighted by Crippen LogP contribution is 2.33. The van der Waals surface area contributed by atoms with E-state index in [0.29, 0.717) is 22.5 Å². The zero-order valence-electron chi connectivity index (χ0n) is 16.0. The average Bonchev–Trinajstić information content (AvgIpc) is 3.05. The first-order valence-electron chi connectivity index (χ1n) is 9.02. The van der Waals surface area contributed by atoms with Gasteiger partial charge in [-0.05, 0) is 44.0 Å². The van der Waals surface area contributed by atoms with E-state index in [2.05, 4.69) is 32.2 Å². The Labute approximate surface area is 192 Å². The molecule has 0 bridgehead atoms. The number of alkyl halides is 2. The minimum atomic E-state index is -2.96. The quantitative estimate of drug-likeness (QED) is 0.282. The van der Waals surface area contributed by atoms with E-state index in [4.69, 9.17) is 23.2 Å². The largest absolute Gasteiger partial charge is 0.433 e. The second kappa shape index (κ2) is 12.9. The Bertz CT molecular complexity index is 652. The van der Waals surface area contributed by atoms with E-state index in [9.17, 15) is 8.78 Å². The highest BCUT2D eigenvalue weighted by atomic mass is 127.